The number of hydrogen-bond acceptors (Lipinski definition) is 2. The molecular weight excluding hydrogens is 683 g/mol. The van der Waals surface area contributed by atoms with E-state index in [1.807, 2.05) is 11.3 Å². The van der Waals surface area contributed by atoms with Crippen molar-refractivity contribution in [2.24, 2.45) is 0 Å². The van der Waals surface area contributed by atoms with Crippen LogP contribution in [0.2, 0.25) is 0 Å². The molecule has 0 aliphatic heterocycles. The molecule has 2 aliphatic rings. The number of anilines is 3. The summed E-state index contributed by atoms with van der Waals surface area (Å²) in [7, 11) is 0. The summed E-state index contributed by atoms with van der Waals surface area (Å²) in [6, 6.07) is 67.7. The van der Waals surface area contributed by atoms with Crippen LogP contribution in [0.5, 0.6) is 0 Å². The van der Waals surface area contributed by atoms with E-state index in [4.69, 9.17) is 0 Å². The molecule has 0 saturated heterocycles. The third kappa shape index (κ3) is 4.59. The molecule has 1 nitrogen and oxygen atoms in total. The van der Waals surface area contributed by atoms with Gasteiger partial charge < -0.3 is 4.90 Å². The minimum atomic E-state index is -0.277. The van der Waals surface area contributed by atoms with E-state index in [9.17, 15) is 0 Å². The lowest BCUT2D eigenvalue weighted by Crippen LogP contribution is -2.22. The van der Waals surface area contributed by atoms with Gasteiger partial charge in [-0.3, -0.25) is 0 Å². The number of thiophene rings is 1. The molecule has 9 aromatic rings. The predicted molar refractivity (Wildman–Crippen MR) is 234 cm³/mol. The maximum absolute atomic E-state index is 2.50. The zero-order valence-electron chi connectivity index (χ0n) is 31.2. The van der Waals surface area contributed by atoms with E-state index in [-0.39, 0.29) is 10.8 Å². The molecule has 2 aliphatic carbocycles. The molecule has 0 radical (unpaired) electrons. The van der Waals surface area contributed by atoms with Crippen LogP contribution < -0.4 is 4.90 Å². The van der Waals surface area contributed by atoms with Crippen molar-refractivity contribution >= 4 is 48.6 Å². The van der Waals surface area contributed by atoms with Crippen molar-refractivity contribution in [1.82, 2.24) is 0 Å². The van der Waals surface area contributed by atoms with Crippen molar-refractivity contribution in [2.45, 2.75) is 31.6 Å². The van der Waals surface area contributed by atoms with Crippen molar-refractivity contribution in [3.63, 3.8) is 0 Å². The Balaban J connectivity index is 1.14. The van der Waals surface area contributed by atoms with Gasteiger partial charge in [-0.2, -0.15) is 0 Å². The number of rotatable bonds is 5. The van der Waals surface area contributed by atoms with Crippen molar-refractivity contribution < 1.29 is 0 Å². The molecule has 0 atom stereocenters. The Bertz CT molecular complexity index is 2920. The summed E-state index contributed by atoms with van der Waals surface area (Å²) in [4.78, 5) is 2.50. The maximum atomic E-state index is 2.50. The monoisotopic (exact) mass is 721 g/mol. The first kappa shape index (κ1) is 32.2. The fraction of sp³-hybridized carbons (Fsp3) is 0.0943. The second-order valence-corrected chi connectivity index (χ2v) is 16.9. The van der Waals surface area contributed by atoms with Crippen LogP contribution in [0.3, 0.4) is 0 Å². The number of hydrogen-bond donors (Lipinski definition) is 0. The highest BCUT2D eigenvalue weighted by atomic mass is 32.1. The van der Waals surface area contributed by atoms with E-state index in [1.54, 1.807) is 0 Å². The smallest absolute Gasteiger partial charge is 0.0554 e. The molecule has 0 fully saturated rings. The second-order valence-electron chi connectivity index (χ2n) is 15.8. The van der Waals surface area contributed by atoms with Crippen LogP contribution in [-0.4, -0.2) is 0 Å². The van der Waals surface area contributed by atoms with Crippen molar-refractivity contribution in [3.05, 3.63) is 210 Å². The molecule has 0 bridgehead atoms. The highest BCUT2D eigenvalue weighted by Gasteiger charge is 2.42. The highest BCUT2D eigenvalue weighted by Crippen LogP contribution is 2.56. The van der Waals surface area contributed by atoms with Crippen molar-refractivity contribution in [3.8, 4) is 33.4 Å². The normalized spacial score (nSPS) is 14.4. The molecule has 11 rings (SSSR count). The van der Waals surface area contributed by atoms with Gasteiger partial charge in [-0.15, -0.1) is 11.3 Å². The molecule has 0 N–H and O–H groups in total. The number of benzene rings is 8. The van der Waals surface area contributed by atoms with Gasteiger partial charge in [-0.05, 0) is 105 Å². The Morgan fingerprint density at radius 2 is 0.964 bits per heavy atom. The van der Waals surface area contributed by atoms with E-state index >= 15 is 0 Å². The van der Waals surface area contributed by atoms with Gasteiger partial charge in [0.15, 0.2) is 0 Å². The first-order valence-electron chi connectivity index (χ1n) is 19.3. The van der Waals surface area contributed by atoms with Crippen molar-refractivity contribution in [1.29, 1.82) is 0 Å². The summed E-state index contributed by atoms with van der Waals surface area (Å²) in [6.07, 6.45) is 0. The fourth-order valence-electron chi connectivity index (χ4n) is 9.84. The number of fused-ring (bicyclic) bond motifs is 9. The molecule has 262 valence electrons. The van der Waals surface area contributed by atoms with Crippen molar-refractivity contribution in [2.75, 3.05) is 4.90 Å². The lowest BCUT2D eigenvalue weighted by Gasteiger charge is -2.29. The quantitative estimate of drug-likeness (QED) is 0.171. The van der Waals surface area contributed by atoms with Gasteiger partial charge in [0.1, 0.15) is 0 Å². The van der Waals surface area contributed by atoms with Gasteiger partial charge in [0.05, 0.1) is 5.69 Å². The summed E-state index contributed by atoms with van der Waals surface area (Å²) in [5.41, 5.74) is 17.8. The van der Waals surface area contributed by atoms with Gasteiger partial charge in [0, 0.05) is 42.4 Å². The first-order chi connectivity index (χ1) is 26.9. The van der Waals surface area contributed by atoms with Crippen LogP contribution in [-0.2, 0) is 10.8 Å². The second kappa shape index (κ2) is 11.9. The average Bonchev–Trinajstić information content (AvgIpc) is 3.83. The van der Waals surface area contributed by atoms with E-state index in [0.29, 0.717) is 0 Å². The average molecular weight is 722 g/mol. The Hall–Kier alpha value is -6.22. The molecule has 0 spiro atoms. The summed E-state index contributed by atoms with van der Waals surface area (Å²) in [5.74, 6) is 0. The Morgan fingerprint density at radius 3 is 1.67 bits per heavy atom. The molecular formula is C53H39NS. The van der Waals surface area contributed by atoms with Crippen LogP contribution in [0.25, 0.3) is 53.6 Å². The summed E-state index contributed by atoms with van der Waals surface area (Å²) in [6.45, 7) is 7.17. The van der Waals surface area contributed by atoms with E-state index in [1.165, 1.54) is 92.7 Å². The molecule has 8 aromatic carbocycles. The zero-order valence-corrected chi connectivity index (χ0v) is 32.0. The molecule has 1 aromatic heterocycles. The maximum Gasteiger partial charge on any atom is 0.0554 e. The lowest BCUT2D eigenvalue weighted by molar-refractivity contribution is 0.660. The third-order valence-corrected chi connectivity index (χ3v) is 13.8. The molecule has 0 unspecified atom stereocenters. The van der Waals surface area contributed by atoms with Crippen LogP contribution in [0.1, 0.15) is 48.6 Å². The third-order valence-electron chi connectivity index (χ3n) is 12.6. The molecule has 1 heterocycles. The highest BCUT2D eigenvalue weighted by molar-refractivity contribution is 7.26. The SMILES string of the molecule is CC1(C)c2ccccc2-c2ccc(N(c3ccc(-c4ccccc4)cc3)c3cccc4sc5c(C6(C)c7ccccc7-c7ccccc76)cccc5c34)cc21. The fourth-order valence-corrected chi connectivity index (χ4v) is 11.2. The Morgan fingerprint density at radius 1 is 0.418 bits per heavy atom. The Labute approximate surface area is 326 Å². The molecule has 2 heteroatoms. The van der Waals surface area contributed by atoms with Gasteiger partial charge in [0.2, 0.25) is 0 Å². The predicted octanol–water partition coefficient (Wildman–Crippen LogP) is 14.8. The van der Waals surface area contributed by atoms with Crippen LogP contribution in [0, 0.1) is 0 Å². The number of nitrogens with zero attached hydrogens (tertiary/aromatic N) is 1. The summed E-state index contributed by atoms with van der Waals surface area (Å²) < 4.78 is 2.65. The first-order valence-corrected chi connectivity index (χ1v) is 20.1. The van der Waals surface area contributed by atoms with Gasteiger partial charge >= 0.3 is 0 Å². The topological polar surface area (TPSA) is 3.24 Å². The lowest BCUT2D eigenvalue weighted by atomic mass is 9.74. The van der Waals surface area contributed by atoms with Crippen LogP contribution in [0.4, 0.5) is 17.1 Å². The van der Waals surface area contributed by atoms with Crippen LogP contribution in [0.15, 0.2) is 182 Å². The summed E-state index contributed by atoms with van der Waals surface area (Å²) >= 11 is 1.93. The minimum Gasteiger partial charge on any atom is -0.310 e. The Kier molecular flexibility index (Phi) is 6.97. The minimum absolute atomic E-state index is 0.107. The molecule has 55 heavy (non-hydrogen) atoms. The largest absolute Gasteiger partial charge is 0.310 e. The van der Waals surface area contributed by atoms with Gasteiger partial charge in [-0.1, -0.05) is 159 Å². The van der Waals surface area contributed by atoms with Gasteiger partial charge in [0.25, 0.3) is 0 Å². The summed E-state index contributed by atoms with van der Waals surface area (Å²) in [5, 5.41) is 2.60. The standard InChI is InChI=1S/C53H39NS/c1-52(2)43-21-10-7-17-38(43)41-32-31-37(33-47(41)52)54(36-29-27-35(28-30-36)34-15-5-4-6-16-34)48-25-14-26-49-50(48)42-20-13-24-46(51(42)55-49)53(3)44-22-11-8-18-39(44)40-19-9-12-23-45(40)53/h4-33H,1-3H3. The van der Waals surface area contributed by atoms with E-state index in [0.717, 1.165) is 5.69 Å². The van der Waals surface area contributed by atoms with Crippen LogP contribution >= 0.6 is 11.3 Å². The van der Waals surface area contributed by atoms with E-state index in [2.05, 4.69) is 208 Å². The molecule has 0 amide bonds. The zero-order chi connectivity index (χ0) is 36.9. The molecule has 0 saturated carbocycles. The van der Waals surface area contributed by atoms with Gasteiger partial charge in [-0.25, -0.2) is 0 Å². The van der Waals surface area contributed by atoms with E-state index < -0.39 is 0 Å².